The van der Waals surface area contributed by atoms with E-state index < -0.39 is 0 Å². The van der Waals surface area contributed by atoms with Gasteiger partial charge < -0.3 is 16.0 Å². The third kappa shape index (κ3) is 2.20. The van der Waals surface area contributed by atoms with E-state index in [2.05, 4.69) is 15.3 Å². The van der Waals surface area contributed by atoms with Crippen LogP contribution in [0.5, 0.6) is 0 Å². The third-order valence-electron chi connectivity index (χ3n) is 2.10. The van der Waals surface area contributed by atoms with Gasteiger partial charge in [0.05, 0.1) is 0 Å². The number of nitrogen functional groups attached to an aromatic ring is 1. The number of hydrogen-bond donors (Lipinski definition) is 3. The Balaban J connectivity index is 2.13. The Bertz CT molecular complexity index is 518. The summed E-state index contributed by atoms with van der Waals surface area (Å²) in [6.45, 7) is 1.86. The van der Waals surface area contributed by atoms with Crippen LogP contribution in [0.3, 0.4) is 0 Å². The van der Waals surface area contributed by atoms with Crippen molar-refractivity contribution in [1.82, 2.24) is 9.97 Å². The molecule has 1 amide bonds. The third-order valence-corrected chi connectivity index (χ3v) is 2.10. The van der Waals surface area contributed by atoms with E-state index >= 15 is 0 Å². The molecule has 0 bridgehead atoms. The molecule has 0 spiro atoms. The number of anilines is 2. The first-order chi connectivity index (χ1) is 7.65. The van der Waals surface area contributed by atoms with Crippen molar-refractivity contribution in [2.45, 2.75) is 6.92 Å². The minimum absolute atomic E-state index is 0.220. The van der Waals surface area contributed by atoms with Crippen molar-refractivity contribution >= 4 is 17.3 Å². The molecular weight excluding hydrogens is 204 g/mol. The molecule has 0 saturated heterocycles. The van der Waals surface area contributed by atoms with E-state index in [1.807, 2.05) is 6.92 Å². The highest BCUT2D eigenvalue weighted by Crippen LogP contribution is 2.10. The quantitative estimate of drug-likeness (QED) is 0.712. The van der Waals surface area contributed by atoms with Gasteiger partial charge in [0.1, 0.15) is 5.69 Å². The van der Waals surface area contributed by atoms with E-state index in [4.69, 9.17) is 5.73 Å². The molecule has 16 heavy (non-hydrogen) atoms. The summed E-state index contributed by atoms with van der Waals surface area (Å²) < 4.78 is 0. The number of nitrogens with one attached hydrogen (secondary N) is 2. The van der Waals surface area contributed by atoms with E-state index in [1.165, 1.54) is 0 Å². The molecule has 5 heteroatoms. The second-order valence-corrected chi connectivity index (χ2v) is 3.49. The van der Waals surface area contributed by atoms with E-state index in [-0.39, 0.29) is 5.91 Å². The summed E-state index contributed by atoms with van der Waals surface area (Å²) >= 11 is 0. The van der Waals surface area contributed by atoms with Gasteiger partial charge in [-0.25, -0.2) is 0 Å². The van der Waals surface area contributed by atoms with Gasteiger partial charge in [-0.2, -0.15) is 0 Å². The van der Waals surface area contributed by atoms with E-state index in [0.717, 1.165) is 5.69 Å². The van der Waals surface area contributed by atoms with Crippen molar-refractivity contribution in [3.8, 4) is 0 Å². The molecule has 0 saturated carbocycles. The number of aryl methyl sites for hydroxylation is 1. The van der Waals surface area contributed by atoms with Gasteiger partial charge in [-0.15, -0.1) is 0 Å². The fourth-order valence-corrected chi connectivity index (χ4v) is 1.36. The summed E-state index contributed by atoms with van der Waals surface area (Å²) in [4.78, 5) is 18.6. The summed E-state index contributed by atoms with van der Waals surface area (Å²) in [6, 6.07) is 5.12. The van der Waals surface area contributed by atoms with Gasteiger partial charge in [0.15, 0.2) is 0 Å². The number of carbonyl (C=O) groups is 1. The minimum atomic E-state index is -0.220. The van der Waals surface area contributed by atoms with Gasteiger partial charge >= 0.3 is 0 Å². The van der Waals surface area contributed by atoms with Crippen LogP contribution in [0.4, 0.5) is 11.4 Å². The molecule has 2 aromatic rings. The van der Waals surface area contributed by atoms with Gasteiger partial charge in [0.25, 0.3) is 5.91 Å². The molecule has 2 aromatic heterocycles. The Morgan fingerprint density at radius 3 is 2.94 bits per heavy atom. The topological polar surface area (TPSA) is 83.8 Å². The number of rotatable bonds is 2. The van der Waals surface area contributed by atoms with E-state index in [1.54, 1.807) is 30.6 Å². The molecule has 2 rings (SSSR count). The highest BCUT2D eigenvalue weighted by Gasteiger charge is 2.07. The fraction of sp³-hybridized carbons (Fsp3) is 0.0909. The van der Waals surface area contributed by atoms with Crippen molar-refractivity contribution in [2.75, 3.05) is 11.1 Å². The smallest absolute Gasteiger partial charge is 0.272 e. The molecule has 0 aliphatic heterocycles. The number of amides is 1. The zero-order valence-corrected chi connectivity index (χ0v) is 8.82. The second-order valence-electron chi connectivity index (χ2n) is 3.49. The summed E-state index contributed by atoms with van der Waals surface area (Å²) in [5.74, 6) is -0.220. The predicted molar refractivity (Wildman–Crippen MR) is 62.1 cm³/mol. The monoisotopic (exact) mass is 216 g/mol. The number of carbonyl (C=O) groups excluding carboxylic acids is 1. The zero-order chi connectivity index (χ0) is 11.5. The van der Waals surface area contributed by atoms with Gasteiger partial charge in [-0.05, 0) is 25.1 Å². The highest BCUT2D eigenvalue weighted by molar-refractivity contribution is 6.03. The first-order valence-corrected chi connectivity index (χ1v) is 4.83. The van der Waals surface area contributed by atoms with Crippen molar-refractivity contribution in [3.63, 3.8) is 0 Å². The summed E-state index contributed by atoms with van der Waals surface area (Å²) in [5.41, 5.74) is 8.05. The van der Waals surface area contributed by atoms with Crippen LogP contribution in [0, 0.1) is 6.92 Å². The van der Waals surface area contributed by atoms with Crippen LogP contribution in [0.1, 0.15) is 16.2 Å². The van der Waals surface area contributed by atoms with Gasteiger partial charge in [0, 0.05) is 29.5 Å². The number of pyridine rings is 1. The highest BCUT2D eigenvalue weighted by atomic mass is 16.1. The van der Waals surface area contributed by atoms with Crippen LogP contribution in [0.2, 0.25) is 0 Å². The molecule has 2 heterocycles. The average molecular weight is 216 g/mol. The lowest BCUT2D eigenvalue weighted by Gasteiger charge is -2.03. The van der Waals surface area contributed by atoms with Gasteiger partial charge in [-0.3, -0.25) is 9.78 Å². The second kappa shape index (κ2) is 4.06. The summed E-state index contributed by atoms with van der Waals surface area (Å²) in [6.07, 6.45) is 3.22. The molecule has 0 aromatic carbocycles. The van der Waals surface area contributed by atoms with Crippen molar-refractivity contribution in [3.05, 3.63) is 42.0 Å². The number of nitrogens with two attached hydrogens (primary N) is 1. The zero-order valence-electron chi connectivity index (χ0n) is 8.82. The molecule has 0 atom stereocenters. The Morgan fingerprint density at radius 2 is 2.31 bits per heavy atom. The SMILES string of the molecule is Cc1cc(NC(=O)c2cc(N)c[nH]2)ccn1. The van der Waals surface area contributed by atoms with E-state index in [0.29, 0.717) is 17.1 Å². The van der Waals surface area contributed by atoms with Crippen molar-refractivity contribution in [1.29, 1.82) is 0 Å². The lowest BCUT2D eigenvalue weighted by atomic mass is 10.3. The van der Waals surface area contributed by atoms with Crippen LogP contribution in [-0.2, 0) is 0 Å². The van der Waals surface area contributed by atoms with E-state index in [9.17, 15) is 4.79 Å². The lowest BCUT2D eigenvalue weighted by Crippen LogP contribution is -2.12. The first kappa shape index (κ1) is 10.2. The average Bonchev–Trinajstić information content (AvgIpc) is 2.65. The molecule has 0 unspecified atom stereocenters. The molecule has 5 nitrogen and oxygen atoms in total. The first-order valence-electron chi connectivity index (χ1n) is 4.83. The Kier molecular flexibility index (Phi) is 2.59. The van der Waals surface area contributed by atoms with Gasteiger partial charge in [-0.1, -0.05) is 0 Å². The molecule has 0 fully saturated rings. The van der Waals surface area contributed by atoms with Crippen LogP contribution < -0.4 is 11.1 Å². The molecule has 82 valence electrons. The largest absolute Gasteiger partial charge is 0.397 e. The summed E-state index contributed by atoms with van der Waals surface area (Å²) in [7, 11) is 0. The number of hydrogen-bond acceptors (Lipinski definition) is 3. The van der Waals surface area contributed by atoms with Crippen LogP contribution in [-0.4, -0.2) is 15.9 Å². The normalized spacial score (nSPS) is 10.1. The molecular formula is C11H12N4O. The predicted octanol–water partition coefficient (Wildman–Crippen LogP) is 1.55. The maximum Gasteiger partial charge on any atom is 0.272 e. The number of aromatic amines is 1. The Hall–Kier alpha value is -2.30. The lowest BCUT2D eigenvalue weighted by molar-refractivity contribution is 0.102. The van der Waals surface area contributed by atoms with Crippen LogP contribution in [0.25, 0.3) is 0 Å². The van der Waals surface area contributed by atoms with Crippen molar-refractivity contribution in [2.24, 2.45) is 0 Å². The molecule has 0 aliphatic carbocycles. The molecule has 4 N–H and O–H groups in total. The molecule has 0 aliphatic rings. The maximum absolute atomic E-state index is 11.7. The minimum Gasteiger partial charge on any atom is -0.397 e. The number of nitrogens with zero attached hydrogens (tertiary/aromatic N) is 1. The maximum atomic E-state index is 11.7. The fourth-order valence-electron chi connectivity index (χ4n) is 1.36. The van der Waals surface area contributed by atoms with Gasteiger partial charge in [0.2, 0.25) is 0 Å². The van der Waals surface area contributed by atoms with Crippen molar-refractivity contribution < 1.29 is 4.79 Å². The summed E-state index contributed by atoms with van der Waals surface area (Å²) in [5, 5.41) is 2.75. The standard InChI is InChI=1S/C11H12N4O/c1-7-4-9(2-3-13-7)15-11(16)10-5-8(12)6-14-10/h2-6,14H,12H2,1H3,(H,13,15,16). The number of H-pyrrole nitrogens is 1. The Morgan fingerprint density at radius 1 is 1.50 bits per heavy atom. The Labute approximate surface area is 92.7 Å². The van der Waals surface area contributed by atoms with Crippen LogP contribution in [0.15, 0.2) is 30.6 Å². The van der Waals surface area contributed by atoms with Crippen LogP contribution >= 0.6 is 0 Å². The number of aromatic nitrogens is 2. The molecule has 0 radical (unpaired) electrons.